The van der Waals surface area contributed by atoms with Crippen LogP contribution in [0.2, 0.25) is 0 Å². The Hall–Kier alpha value is -10.0. The standard InChI is InChI=1S/C22H23N5O.C22H17N5S.C21H18N6/c1-27-8-4-15-2-3-16(10-21(15)27)19-11-17(12-20-22(19)25-6-5-24-20)26-14-18-13-23-7-9-28-18;1-14(16-3-2-6-23-12-16)27-17-10-18(22-20(11-17)24-7-8-25-22)15-4-5-19-21(9-15)28-13-26-19;1-27-7-4-15-2-3-16(8-20(15)27)18-9-17(24-11-14-12-25-26-13-14)10-19-21(18)23-6-5-22-19/h2-6,8,10-12,18,23,26H,7,9,13-14H2,1H3;2-14,27H,1H3;2-10,12-13,24H,11H2,1H3,(H,25,26). The zero-order valence-electron chi connectivity index (χ0n) is 45.9. The number of aromatic amines is 1. The van der Waals surface area contributed by atoms with Gasteiger partial charge in [0.2, 0.25) is 0 Å². The van der Waals surface area contributed by atoms with Gasteiger partial charge in [-0.15, -0.1) is 11.3 Å². The molecule has 410 valence electrons. The van der Waals surface area contributed by atoms with E-state index in [-0.39, 0.29) is 12.1 Å². The second-order valence-corrected chi connectivity index (χ2v) is 21.4. The van der Waals surface area contributed by atoms with Crippen molar-refractivity contribution < 1.29 is 4.74 Å². The lowest BCUT2D eigenvalue weighted by atomic mass is 10.0. The van der Waals surface area contributed by atoms with Gasteiger partial charge in [0.05, 0.1) is 73.8 Å². The number of aromatic nitrogens is 12. The highest BCUT2D eigenvalue weighted by atomic mass is 32.1. The quantitative estimate of drug-likeness (QED) is 0.0774. The second-order valence-electron chi connectivity index (χ2n) is 20.5. The smallest absolute Gasteiger partial charge is 0.0966 e. The summed E-state index contributed by atoms with van der Waals surface area (Å²) < 4.78 is 11.2. The van der Waals surface area contributed by atoms with Crippen molar-refractivity contribution in [1.82, 2.24) is 64.5 Å². The van der Waals surface area contributed by atoms with E-state index in [1.807, 2.05) is 42.3 Å². The van der Waals surface area contributed by atoms with Gasteiger partial charge >= 0.3 is 0 Å². The molecular formula is C65H58N16OS. The third-order valence-electron chi connectivity index (χ3n) is 14.9. The van der Waals surface area contributed by atoms with Crippen LogP contribution in [0.4, 0.5) is 17.1 Å². The average molecular weight is 1110 g/mol. The third kappa shape index (κ3) is 11.5. The van der Waals surface area contributed by atoms with Crippen molar-refractivity contribution in [2.45, 2.75) is 25.6 Å². The summed E-state index contributed by atoms with van der Waals surface area (Å²) in [7, 11) is 4.13. The number of hydrogen-bond acceptors (Lipinski definition) is 15. The molecule has 18 heteroatoms. The van der Waals surface area contributed by atoms with Crippen LogP contribution in [0.1, 0.15) is 24.1 Å². The van der Waals surface area contributed by atoms with E-state index in [0.29, 0.717) is 6.54 Å². The number of nitrogens with one attached hydrogen (secondary N) is 5. The number of H-pyrrole nitrogens is 1. The number of anilines is 3. The van der Waals surface area contributed by atoms with Gasteiger partial charge in [-0.05, 0) is 119 Å². The van der Waals surface area contributed by atoms with E-state index in [0.717, 1.165) is 131 Å². The van der Waals surface area contributed by atoms with Crippen LogP contribution >= 0.6 is 11.3 Å². The number of hydrogen-bond donors (Lipinski definition) is 5. The van der Waals surface area contributed by atoms with Gasteiger partial charge in [0, 0.05) is 159 Å². The van der Waals surface area contributed by atoms with Gasteiger partial charge in [0.25, 0.3) is 0 Å². The van der Waals surface area contributed by atoms with E-state index in [1.54, 1.807) is 54.7 Å². The van der Waals surface area contributed by atoms with E-state index in [4.69, 9.17) is 4.74 Å². The zero-order chi connectivity index (χ0) is 56.1. The summed E-state index contributed by atoms with van der Waals surface area (Å²) >= 11 is 1.64. The molecule has 0 amide bonds. The van der Waals surface area contributed by atoms with Crippen LogP contribution in [0.3, 0.4) is 0 Å². The third-order valence-corrected chi connectivity index (χ3v) is 15.7. The molecule has 5 N–H and O–H groups in total. The minimum absolute atomic E-state index is 0.125. The fraction of sp³-hybridized carbons (Fsp3) is 0.154. The lowest BCUT2D eigenvalue weighted by Gasteiger charge is -2.24. The van der Waals surface area contributed by atoms with Gasteiger partial charge in [-0.25, -0.2) is 4.98 Å². The molecule has 83 heavy (non-hydrogen) atoms. The average Bonchev–Trinajstić information content (AvgIpc) is 4.52. The van der Waals surface area contributed by atoms with Crippen molar-refractivity contribution in [3.63, 3.8) is 0 Å². The number of ether oxygens (including phenoxy) is 1. The van der Waals surface area contributed by atoms with Crippen molar-refractivity contribution >= 4 is 93.5 Å². The summed E-state index contributed by atoms with van der Waals surface area (Å²) in [6.45, 7) is 6.14. The van der Waals surface area contributed by atoms with Gasteiger partial charge in [-0.2, -0.15) is 5.10 Å². The van der Waals surface area contributed by atoms with E-state index in [1.165, 1.54) is 21.8 Å². The highest BCUT2D eigenvalue weighted by molar-refractivity contribution is 7.16. The molecule has 8 aromatic heterocycles. The predicted molar refractivity (Wildman–Crippen MR) is 334 cm³/mol. The molecule has 0 aliphatic carbocycles. The molecule has 0 bridgehead atoms. The van der Waals surface area contributed by atoms with Crippen molar-refractivity contribution in [1.29, 1.82) is 0 Å². The first-order valence-corrected chi connectivity index (χ1v) is 28.3. The highest BCUT2D eigenvalue weighted by Gasteiger charge is 2.17. The van der Waals surface area contributed by atoms with Crippen LogP contribution in [0.25, 0.3) is 98.5 Å². The van der Waals surface area contributed by atoms with E-state index in [9.17, 15) is 0 Å². The molecule has 0 spiro atoms. The fourth-order valence-corrected chi connectivity index (χ4v) is 11.3. The van der Waals surface area contributed by atoms with Crippen LogP contribution in [-0.2, 0) is 25.4 Å². The summed E-state index contributed by atoms with van der Waals surface area (Å²) in [6.07, 6.45) is 22.1. The number of aryl methyl sites for hydroxylation is 2. The molecule has 1 saturated heterocycles. The van der Waals surface area contributed by atoms with Gasteiger partial charge in [-0.1, -0.05) is 36.4 Å². The molecule has 2 unspecified atom stereocenters. The van der Waals surface area contributed by atoms with E-state index < -0.39 is 0 Å². The number of nitrogens with zero attached hydrogens (tertiary/aromatic N) is 11. The van der Waals surface area contributed by atoms with Crippen LogP contribution < -0.4 is 21.3 Å². The Balaban J connectivity index is 0.000000117. The number of benzene rings is 6. The van der Waals surface area contributed by atoms with Crippen LogP contribution in [0.15, 0.2) is 195 Å². The summed E-state index contributed by atoms with van der Waals surface area (Å²) in [5, 5.41) is 23.2. The molecule has 9 heterocycles. The SMILES string of the molecule is CC(Nc1cc(-c2ccc3ncsc3c2)c2nccnc2c1)c1cccnc1.Cn1ccc2ccc(-c3cc(NCC4CNCCO4)cc4nccnc34)cc21.Cn1ccc2ccc(-c3cc(NCc4cn[nH]c4)cc4nccnc34)cc21. The summed E-state index contributed by atoms with van der Waals surface area (Å²) in [5.74, 6) is 0. The molecule has 14 aromatic rings. The van der Waals surface area contributed by atoms with Gasteiger partial charge < -0.3 is 35.1 Å². The molecule has 0 saturated carbocycles. The Bertz CT molecular complexity index is 4550. The Morgan fingerprint density at radius 2 is 1.19 bits per heavy atom. The second kappa shape index (κ2) is 23.6. The minimum atomic E-state index is 0.125. The molecule has 6 aromatic carbocycles. The molecule has 17 nitrogen and oxygen atoms in total. The monoisotopic (exact) mass is 1110 g/mol. The zero-order valence-corrected chi connectivity index (χ0v) is 46.7. The van der Waals surface area contributed by atoms with Crippen LogP contribution in [0.5, 0.6) is 0 Å². The van der Waals surface area contributed by atoms with Crippen molar-refractivity contribution in [3.05, 3.63) is 206 Å². The molecule has 1 aliphatic rings. The maximum atomic E-state index is 5.80. The molecular weight excluding hydrogens is 1050 g/mol. The summed E-state index contributed by atoms with van der Waals surface area (Å²) in [5.41, 5.74) is 22.5. The van der Waals surface area contributed by atoms with Crippen molar-refractivity contribution in [2.75, 3.05) is 42.2 Å². The number of rotatable bonds is 12. The molecule has 1 fully saturated rings. The molecule has 15 rings (SSSR count). The van der Waals surface area contributed by atoms with Gasteiger partial charge in [0.15, 0.2) is 0 Å². The van der Waals surface area contributed by atoms with Gasteiger partial charge in [-0.3, -0.25) is 40.0 Å². The first kappa shape index (κ1) is 52.4. The minimum Gasteiger partial charge on any atom is -0.382 e. The Labute approximate surface area is 482 Å². The number of thiazole rings is 1. The van der Waals surface area contributed by atoms with E-state index >= 15 is 0 Å². The summed E-state index contributed by atoms with van der Waals surface area (Å²) in [6, 6.07) is 40.4. The maximum Gasteiger partial charge on any atom is 0.0966 e. The molecule has 0 radical (unpaired) electrons. The maximum absolute atomic E-state index is 5.80. The first-order valence-electron chi connectivity index (χ1n) is 27.5. The topological polar surface area (TPSA) is 199 Å². The van der Waals surface area contributed by atoms with Crippen LogP contribution in [0, 0.1) is 0 Å². The Kier molecular flexibility index (Phi) is 14.9. The Morgan fingerprint density at radius 3 is 1.78 bits per heavy atom. The highest BCUT2D eigenvalue weighted by Crippen LogP contribution is 2.36. The number of fused-ring (bicyclic) bond motifs is 6. The largest absolute Gasteiger partial charge is 0.382 e. The van der Waals surface area contributed by atoms with Crippen molar-refractivity contribution in [2.24, 2.45) is 14.1 Å². The Morgan fingerprint density at radius 1 is 0.602 bits per heavy atom. The lowest BCUT2D eigenvalue weighted by molar-refractivity contribution is 0.0372. The number of pyridine rings is 1. The van der Waals surface area contributed by atoms with Gasteiger partial charge in [0.1, 0.15) is 0 Å². The molecule has 2 atom stereocenters. The fourth-order valence-electron chi connectivity index (χ4n) is 10.6. The van der Waals surface area contributed by atoms with E-state index in [2.05, 4.69) is 211 Å². The number of morpholine rings is 1. The van der Waals surface area contributed by atoms with Crippen LogP contribution in [-0.4, -0.2) is 91.5 Å². The molecule has 1 aliphatic heterocycles. The normalized spacial score (nSPS) is 13.7. The predicted octanol–water partition coefficient (Wildman–Crippen LogP) is 12.8. The van der Waals surface area contributed by atoms with Crippen molar-refractivity contribution in [3.8, 4) is 33.4 Å². The summed E-state index contributed by atoms with van der Waals surface area (Å²) in [4.78, 5) is 36.0. The lowest BCUT2D eigenvalue weighted by Crippen LogP contribution is -2.42. The first-order chi connectivity index (χ1) is 40.8.